The zero-order chi connectivity index (χ0) is 13.7. The molecule has 0 aliphatic rings. The largest absolute Gasteiger partial charge is 0.354 e. The molecule has 0 aliphatic carbocycles. The van der Waals surface area contributed by atoms with Crippen LogP contribution in [0, 0.1) is 5.92 Å². The van der Waals surface area contributed by atoms with E-state index in [9.17, 15) is 9.59 Å². The van der Waals surface area contributed by atoms with Gasteiger partial charge >= 0.3 is 0 Å². The lowest BCUT2D eigenvalue weighted by atomic mass is 10.1. The first-order valence-corrected chi connectivity index (χ1v) is 6.35. The van der Waals surface area contributed by atoms with Gasteiger partial charge in [-0.2, -0.15) is 5.10 Å². The highest BCUT2D eigenvalue weighted by atomic mass is 35.5. The molecule has 0 fully saturated rings. The molecular formula is C11H15Cl2N3O2. The van der Waals surface area contributed by atoms with Crippen LogP contribution in [0.4, 0.5) is 0 Å². The number of halogens is 2. The maximum Gasteiger partial charge on any atom is 0.287 e. The monoisotopic (exact) mass is 291 g/mol. The van der Waals surface area contributed by atoms with Crippen LogP contribution in [-0.4, -0.2) is 22.2 Å². The number of aromatic nitrogens is 2. The van der Waals surface area contributed by atoms with E-state index in [4.69, 9.17) is 23.2 Å². The van der Waals surface area contributed by atoms with E-state index < -0.39 is 5.56 Å². The Morgan fingerprint density at radius 1 is 1.50 bits per heavy atom. The fourth-order valence-corrected chi connectivity index (χ4v) is 1.52. The van der Waals surface area contributed by atoms with E-state index in [1.54, 1.807) is 0 Å². The molecule has 7 heteroatoms. The van der Waals surface area contributed by atoms with Crippen molar-refractivity contribution in [3.63, 3.8) is 0 Å². The minimum absolute atomic E-state index is 0.0816. The second-order valence-corrected chi connectivity index (χ2v) is 5.09. The number of nitrogens with zero attached hydrogens (tertiary/aromatic N) is 2. The smallest absolute Gasteiger partial charge is 0.287 e. The molecule has 0 atom stereocenters. The Kier molecular flexibility index (Phi) is 5.62. The lowest BCUT2D eigenvalue weighted by Gasteiger charge is -2.08. The van der Waals surface area contributed by atoms with Gasteiger partial charge in [-0.1, -0.05) is 37.0 Å². The minimum atomic E-state index is -0.567. The molecule has 1 rings (SSSR count). The molecule has 1 aromatic heterocycles. The van der Waals surface area contributed by atoms with Gasteiger partial charge < -0.3 is 5.32 Å². The number of nitrogens with one attached hydrogen (secondary N) is 1. The molecule has 0 aliphatic heterocycles. The third-order valence-corrected chi connectivity index (χ3v) is 3.03. The topological polar surface area (TPSA) is 64.0 Å². The van der Waals surface area contributed by atoms with Crippen molar-refractivity contribution in [2.45, 2.75) is 26.8 Å². The van der Waals surface area contributed by atoms with Crippen LogP contribution >= 0.6 is 23.2 Å². The fourth-order valence-electron chi connectivity index (χ4n) is 1.25. The van der Waals surface area contributed by atoms with Crippen LogP contribution in [0.3, 0.4) is 0 Å². The summed E-state index contributed by atoms with van der Waals surface area (Å²) in [6.07, 6.45) is 2.13. The summed E-state index contributed by atoms with van der Waals surface area (Å²) >= 11 is 11.3. The zero-order valence-electron chi connectivity index (χ0n) is 10.2. The van der Waals surface area contributed by atoms with Gasteiger partial charge in [0.25, 0.3) is 5.56 Å². The van der Waals surface area contributed by atoms with Crippen LogP contribution in [0.2, 0.25) is 10.0 Å². The number of carbonyl (C=O) groups excluding carboxylic acids is 1. The first kappa shape index (κ1) is 15.0. The summed E-state index contributed by atoms with van der Waals surface area (Å²) in [6, 6.07) is 0. The number of hydrogen-bond donors (Lipinski definition) is 1. The Morgan fingerprint density at radius 3 is 2.78 bits per heavy atom. The van der Waals surface area contributed by atoms with Crippen LogP contribution in [0.1, 0.15) is 20.3 Å². The fraction of sp³-hybridized carbons (Fsp3) is 0.545. The standard InChI is InChI=1S/C11H15Cl2N3O2/c1-7(2)3-4-14-9(17)6-16-11(18)10(13)8(12)5-15-16/h5,7H,3-4,6H2,1-2H3,(H,14,17). The Labute approximate surface area is 115 Å². The summed E-state index contributed by atoms with van der Waals surface area (Å²) in [7, 11) is 0. The van der Waals surface area contributed by atoms with Gasteiger partial charge in [-0.25, -0.2) is 4.68 Å². The van der Waals surface area contributed by atoms with Crippen molar-refractivity contribution in [2.75, 3.05) is 6.54 Å². The third kappa shape index (κ3) is 4.31. The van der Waals surface area contributed by atoms with E-state index in [1.807, 2.05) is 0 Å². The predicted molar refractivity (Wildman–Crippen MR) is 71.0 cm³/mol. The molecule has 0 unspecified atom stereocenters. The molecule has 0 spiro atoms. The second-order valence-electron chi connectivity index (χ2n) is 4.30. The van der Waals surface area contributed by atoms with Crippen LogP contribution in [0.15, 0.2) is 11.0 Å². The molecule has 1 N–H and O–H groups in total. The van der Waals surface area contributed by atoms with Gasteiger partial charge in [0.15, 0.2) is 0 Å². The van der Waals surface area contributed by atoms with Gasteiger partial charge in [0.2, 0.25) is 5.91 Å². The van der Waals surface area contributed by atoms with Gasteiger partial charge in [-0.05, 0) is 12.3 Å². The lowest BCUT2D eigenvalue weighted by Crippen LogP contribution is -2.34. The quantitative estimate of drug-likeness (QED) is 0.898. The van der Waals surface area contributed by atoms with Gasteiger partial charge in [0.05, 0.1) is 11.2 Å². The zero-order valence-corrected chi connectivity index (χ0v) is 11.8. The number of rotatable bonds is 5. The molecule has 5 nitrogen and oxygen atoms in total. The Bertz CT molecular complexity index is 486. The maximum absolute atomic E-state index is 11.6. The van der Waals surface area contributed by atoms with Crippen LogP contribution in [-0.2, 0) is 11.3 Å². The van der Waals surface area contributed by atoms with Crippen molar-refractivity contribution < 1.29 is 4.79 Å². The Balaban J connectivity index is 2.60. The van der Waals surface area contributed by atoms with Gasteiger partial charge in [0.1, 0.15) is 11.6 Å². The highest BCUT2D eigenvalue weighted by Crippen LogP contribution is 2.14. The molecule has 18 heavy (non-hydrogen) atoms. The van der Waals surface area contributed by atoms with E-state index in [1.165, 1.54) is 6.20 Å². The van der Waals surface area contributed by atoms with Crippen LogP contribution in [0.25, 0.3) is 0 Å². The van der Waals surface area contributed by atoms with Crippen molar-refractivity contribution in [3.05, 3.63) is 26.6 Å². The molecule has 0 bridgehead atoms. The summed E-state index contributed by atoms with van der Waals surface area (Å²) in [5.74, 6) is 0.236. The highest BCUT2D eigenvalue weighted by molar-refractivity contribution is 6.41. The molecule has 0 aromatic carbocycles. The Hall–Kier alpha value is -1.07. The molecular weight excluding hydrogens is 277 g/mol. The summed E-state index contributed by atoms with van der Waals surface area (Å²) in [5.41, 5.74) is -0.567. The van der Waals surface area contributed by atoms with Gasteiger partial charge in [0, 0.05) is 6.54 Å². The third-order valence-electron chi connectivity index (χ3n) is 2.28. The van der Waals surface area contributed by atoms with Crippen molar-refractivity contribution >= 4 is 29.1 Å². The van der Waals surface area contributed by atoms with Crippen LogP contribution in [0.5, 0.6) is 0 Å². The summed E-state index contributed by atoms with van der Waals surface area (Å²) in [4.78, 5) is 23.2. The van der Waals surface area contributed by atoms with Crippen molar-refractivity contribution in [1.82, 2.24) is 15.1 Å². The van der Waals surface area contributed by atoms with E-state index in [-0.39, 0.29) is 22.5 Å². The first-order chi connectivity index (χ1) is 8.41. The van der Waals surface area contributed by atoms with Gasteiger partial charge in [-0.3, -0.25) is 9.59 Å². The molecule has 1 aromatic rings. The number of hydrogen-bond acceptors (Lipinski definition) is 3. The average molecular weight is 292 g/mol. The minimum Gasteiger partial charge on any atom is -0.354 e. The second kappa shape index (κ2) is 6.75. The van der Waals surface area contributed by atoms with E-state index in [0.29, 0.717) is 12.5 Å². The molecule has 1 heterocycles. The lowest BCUT2D eigenvalue weighted by molar-refractivity contribution is -0.121. The summed E-state index contributed by atoms with van der Waals surface area (Å²) < 4.78 is 0.985. The molecule has 0 saturated carbocycles. The van der Waals surface area contributed by atoms with Crippen molar-refractivity contribution in [3.8, 4) is 0 Å². The number of carbonyl (C=O) groups is 1. The first-order valence-electron chi connectivity index (χ1n) is 5.59. The van der Waals surface area contributed by atoms with Crippen molar-refractivity contribution in [1.29, 1.82) is 0 Å². The van der Waals surface area contributed by atoms with Crippen molar-refractivity contribution in [2.24, 2.45) is 5.92 Å². The van der Waals surface area contributed by atoms with Crippen LogP contribution < -0.4 is 10.9 Å². The average Bonchev–Trinajstić information content (AvgIpc) is 2.29. The maximum atomic E-state index is 11.6. The van der Waals surface area contributed by atoms with E-state index >= 15 is 0 Å². The molecule has 100 valence electrons. The van der Waals surface area contributed by atoms with Gasteiger partial charge in [-0.15, -0.1) is 0 Å². The molecule has 0 radical (unpaired) electrons. The number of amides is 1. The highest BCUT2D eigenvalue weighted by Gasteiger charge is 2.10. The van der Waals surface area contributed by atoms with E-state index in [2.05, 4.69) is 24.3 Å². The Morgan fingerprint density at radius 2 is 2.17 bits per heavy atom. The normalized spacial score (nSPS) is 10.7. The summed E-state index contributed by atoms with van der Waals surface area (Å²) in [6.45, 7) is 4.55. The summed E-state index contributed by atoms with van der Waals surface area (Å²) in [5, 5.41) is 6.42. The van der Waals surface area contributed by atoms with E-state index in [0.717, 1.165) is 11.1 Å². The molecule has 0 saturated heterocycles. The SMILES string of the molecule is CC(C)CCNC(=O)Cn1ncc(Cl)c(Cl)c1=O. The predicted octanol–water partition coefficient (Wildman–Crippen LogP) is 1.71. The molecule has 1 amide bonds.